The predicted octanol–water partition coefficient (Wildman–Crippen LogP) is 5.85. The summed E-state index contributed by atoms with van der Waals surface area (Å²) in [4.78, 5) is 26.5. The van der Waals surface area contributed by atoms with Gasteiger partial charge in [-0.3, -0.25) is 14.5 Å². The number of carbonyl (C=O) groups excluding carboxylic acids is 2. The lowest BCUT2D eigenvalue weighted by atomic mass is 10.2. The molecule has 1 fully saturated rings. The van der Waals surface area contributed by atoms with Crippen molar-refractivity contribution >= 4 is 29.0 Å². The lowest BCUT2D eigenvalue weighted by Crippen LogP contribution is -2.27. The number of thioether (sulfide) groups is 1. The first-order chi connectivity index (χ1) is 14.1. The summed E-state index contributed by atoms with van der Waals surface area (Å²) in [5.41, 5.74) is 1.44. The lowest BCUT2D eigenvalue weighted by Gasteiger charge is -2.12. The number of hydrogen-bond donors (Lipinski definition) is 0. The van der Waals surface area contributed by atoms with Crippen LogP contribution in [0.5, 0.6) is 11.5 Å². The van der Waals surface area contributed by atoms with E-state index in [1.165, 1.54) is 12.1 Å². The third-order valence-electron chi connectivity index (χ3n) is 4.26. The Labute approximate surface area is 171 Å². The van der Waals surface area contributed by atoms with Crippen LogP contribution in [0.1, 0.15) is 11.1 Å². The van der Waals surface area contributed by atoms with Crippen LogP contribution < -0.4 is 4.74 Å². The minimum absolute atomic E-state index is 0.111. The normalized spacial score (nSPS) is 15.2. The van der Waals surface area contributed by atoms with Crippen molar-refractivity contribution in [2.45, 2.75) is 6.54 Å². The van der Waals surface area contributed by atoms with Crippen LogP contribution in [0, 0.1) is 5.82 Å². The van der Waals surface area contributed by atoms with Crippen LogP contribution in [0.15, 0.2) is 83.8 Å². The van der Waals surface area contributed by atoms with Crippen molar-refractivity contribution < 1.29 is 18.7 Å². The standard InChI is InChI=1S/C23H16FNO3S/c24-18-11-9-16(10-12-18)15-25-22(26)21(29-23(25)27)14-17-5-4-8-20(13-17)28-19-6-2-1-3-7-19/h1-14H,15H2/b21-14+. The molecule has 0 N–H and O–H groups in total. The van der Waals surface area contributed by atoms with Crippen LogP contribution in [0.4, 0.5) is 9.18 Å². The predicted molar refractivity (Wildman–Crippen MR) is 111 cm³/mol. The van der Waals surface area contributed by atoms with Gasteiger partial charge in [-0.25, -0.2) is 4.39 Å². The second kappa shape index (κ2) is 8.32. The van der Waals surface area contributed by atoms with Crippen molar-refractivity contribution in [3.63, 3.8) is 0 Å². The Bertz CT molecular complexity index is 1080. The lowest BCUT2D eigenvalue weighted by molar-refractivity contribution is -0.123. The van der Waals surface area contributed by atoms with Crippen LogP contribution >= 0.6 is 11.8 Å². The summed E-state index contributed by atoms with van der Waals surface area (Å²) >= 11 is 0.893. The summed E-state index contributed by atoms with van der Waals surface area (Å²) in [6.07, 6.45) is 1.67. The topological polar surface area (TPSA) is 46.6 Å². The molecule has 4 rings (SSSR count). The molecule has 144 valence electrons. The highest BCUT2D eigenvalue weighted by Gasteiger charge is 2.34. The summed E-state index contributed by atoms with van der Waals surface area (Å²) in [6.45, 7) is 0.111. The molecule has 1 saturated heterocycles. The number of nitrogens with zero attached hydrogens (tertiary/aromatic N) is 1. The highest BCUT2D eigenvalue weighted by Crippen LogP contribution is 2.34. The summed E-state index contributed by atoms with van der Waals surface area (Å²) in [5, 5.41) is -0.345. The number of rotatable bonds is 5. The first-order valence-electron chi connectivity index (χ1n) is 8.91. The molecular formula is C23H16FNO3S. The number of ether oxygens (including phenoxy) is 1. The maximum Gasteiger partial charge on any atom is 0.293 e. The molecule has 0 radical (unpaired) electrons. The van der Waals surface area contributed by atoms with E-state index < -0.39 is 0 Å². The van der Waals surface area contributed by atoms with Crippen LogP contribution in [0.2, 0.25) is 0 Å². The zero-order valence-corrected chi connectivity index (χ0v) is 16.1. The van der Waals surface area contributed by atoms with E-state index in [2.05, 4.69) is 0 Å². The summed E-state index contributed by atoms with van der Waals surface area (Å²) in [7, 11) is 0. The van der Waals surface area contributed by atoms with Crippen LogP contribution in [-0.2, 0) is 11.3 Å². The highest BCUT2D eigenvalue weighted by atomic mass is 32.2. The molecule has 0 aromatic heterocycles. The van der Waals surface area contributed by atoms with E-state index in [1.807, 2.05) is 48.5 Å². The van der Waals surface area contributed by atoms with Gasteiger partial charge < -0.3 is 4.74 Å². The number of para-hydroxylation sites is 1. The van der Waals surface area contributed by atoms with Gasteiger partial charge in [-0.05, 0) is 65.4 Å². The summed E-state index contributed by atoms with van der Waals surface area (Å²) in [6, 6.07) is 22.4. The molecule has 0 saturated carbocycles. The van der Waals surface area contributed by atoms with Crippen molar-refractivity contribution in [2.24, 2.45) is 0 Å². The van der Waals surface area contributed by atoms with Crippen molar-refractivity contribution in [1.82, 2.24) is 4.90 Å². The SMILES string of the molecule is O=C1S/C(=C/c2cccc(Oc3ccccc3)c2)C(=O)N1Cc1ccc(F)cc1. The third kappa shape index (κ3) is 4.55. The molecule has 6 heteroatoms. The Balaban J connectivity index is 1.51. The average molecular weight is 405 g/mol. The maximum atomic E-state index is 13.1. The molecule has 0 spiro atoms. The van der Waals surface area contributed by atoms with Crippen LogP contribution in [-0.4, -0.2) is 16.0 Å². The molecule has 29 heavy (non-hydrogen) atoms. The Hall–Kier alpha value is -3.38. The van der Waals surface area contributed by atoms with Gasteiger partial charge >= 0.3 is 0 Å². The van der Waals surface area contributed by atoms with Crippen molar-refractivity contribution in [1.29, 1.82) is 0 Å². The van der Waals surface area contributed by atoms with E-state index in [4.69, 9.17) is 4.74 Å². The first kappa shape index (κ1) is 19.0. The van der Waals surface area contributed by atoms with E-state index in [9.17, 15) is 14.0 Å². The van der Waals surface area contributed by atoms with Crippen molar-refractivity contribution in [3.05, 3.63) is 101 Å². The van der Waals surface area contributed by atoms with E-state index in [1.54, 1.807) is 24.3 Å². The maximum absolute atomic E-state index is 13.1. The second-order valence-electron chi connectivity index (χ2n) is 6.38. The molecule has 1 aliphatic rings. The number of imide groups is 1. The van der Waals surface area contributed by atoms with Crippen LogP contribution in [0.25, 0.3) is 6.08 Å². The molecule has 0 bridgehead atoms. The summed E-state index contributed by atoms with van der Waals surface area (Å²) in [5.74, 6) is 0.624. The van der Waals surface area contributed by atoms with Crippen molar-refractivity contribution in [2.75, 3.05) is 0 Å². The number of benzene rings is 3. The number of carbonyl (C=O) groups is 2. The first-order valence-corrected chi connectivity index (χ1v) is 9.73. The monoisotopic (exact) mass is 405 g/mol. The van der Waals surface area contributed by atoms with Gasteiger partial charge in [0.05, 0.1) is 11.4 Å². The minimum atomic E-state index is -0.362. The molecule has 3 aromatic rings. The number of halogens is 1. The Morgan fingerprint density at radius 2 is 1.62 bits per heavy atom. The fourth-order valence-electron chi connectivity index (χ4n) is 2.85. The van der Waals surface area contributed by atoms with Gasteiger partial charge in [0, 0.05) is 0 Å². The molecule has 1 aliphatic heterocycles. The Kier molecular flexibility index (Phi) is 5.44. The van der Waals surface area contributed by atoms with Gasteiger partial charge in [0.2, 0.25) is 0 Å². The third-order valence-corrected chi connectivity index (χ3v) is 5.17. The molecule has 0 aliphatic carbocycles. The number of amides is 2. The molecule has 3 aromatic carbocycles. The largest absolute Gasteiger partial charge is 0.457 e. The van der Waals surface area contributed by atoms with E-state index >= 15 is 0 Å². The molecule has 4 nitrogen and oxygen atoms in total. The fourth-order valence-corrected chi connectivity index (χ4v) is 3.69. The van der Waals surface area contributed by atoms with Gasteiger partial charge in [-0.1, -0.05) is 42.5 Å². The minimum Gasteiger partial charge on any atom is -0.457 e. The van der Waals surface area contributed by atoms with Gasteiger partial charge in [0.1, 0.15) is 17.3 Å². The molecule has 1 heterocycles. The second-order valence-corrected chi connectivity index (χ2v) is 7.38. The van der Waals surface area contributed by atoms with Gasteiger partial charge in [0.15, 0.2) is 0 Å². The summed E-state index contributed by atoms with van der Waals surface area (Å²) < 4.78 is 18.9. The Morgan fingerprint density at radius 3 is 2.38 bits per heavy atom. The van der Waals surface area contributed by atoms with Gasteiger partial charge in [-0.15, -0.1) is 0 Å². The smallest absolute Gasteiger partial charge is 0.293 e. The van der Waals surface area contributed by atoms with E-state index in [0.29, 0.717) is 22.0 Å². The van der Waals surface area contributed by atoms with Crippen LogP contribution in [0.3, 0.4) is 0 Å². The van der Waals surface area contributed by atoms with E-state index in [-0.39, 0.29) is 23.5 Å². The zero-order valence-electron chi connectivity index (χ0n) is 15.2. The van der Waals surface area contributed by atoms with Gasteiger partial charge in [0.25, 0.3) is 11.1 Å². The highest BCUT2D eigenvalue weighted by molar-refractivity contribution is 8.18. The fraction of sp³-hybridized carbons (Fsp3) is 0.0435. The number of hydrogen-bond acceptors (Lipinski definition) is 4. The molecular weight excluding hydrogens is 389 g/mol. The Morgan fingerprint density at radius 1 is 0.897 bits per heavy atom. The zero-order chi connectivity index (χ0) is 20.2. The molecule has 0 atom stereocenters. The van der Waals surface area contributed by atoms with Crippen molar-refractivity contribution in [3.8, 4) is 11.5 Å². The molecule has 0 unspecified atom stereocenters. The van der Waals surface area contributed by atoms with E-state index in [0.717, 1.165) is 22.2 Å². The quantitative estimate of drug-likeness (QED) is 0.499. The van der Waals surface area contributed by atoms with Gasteiger partial charge in [-0.2, -0.15) is 0 Å². The average Bonchev–Trinajstić information content (AvgIpc) is 2.98. The molecule has 2 amide bonds.